The lowest BCUT2D eigenvalue weighted by Crippen LogP contribution is -2.37. The highest BCUT2D eigenvalue weighted by atomic mass is 16.5. The van der Waals surface area contributed by atoms with Crippen LogP contribution in [-0.4, -0.2) is 60.2 Å². The quantitative estimate of drug-likeness (QED) is 0.858. The number of ether oxygens (including phenoxy) is 1. The monoisotopic (exact) mass is 381 g/mol. The summed E-state index contributed by atoms with van der Waals surface area (Å²) in [6.45, 7) is 6.24. The lowest BCUT2D eigenvalue weighted by Gasteiger charge is -2.26. The fraction of sp³-hybridized carbons (Fsp3) is 0.476. The van der Waals surface area contributed by atoms with Gasteiger partial charge in [-0.1, -0.05) is 18.6 Å². The summed E-state index contributed by atoms with van der Waals surface area (Å²) in [4.78, 5) is 25.7. The number of rotatable bonds is 5. The normalized spacial score (nSPS) is 18.1. The molecule has 1 amide bonds. The van der Waals surface area contributed by atoms with Crippen molar-refractivity contribution in [2.24, 2.45) is 0 Å². The van der Waals surface area contributed by atoms with Crippen molar-refractivity contribution >= 4 is 17.5 Å². The zero-order chi connectivity index (χ0) is 19.2. The van der Waals surface area contributed by atoms with Crippen LogP contribution in [0.4, 0.5) is 11.6 Å². The Hall–Kier alpha value is -2.51. The topological polar surface area (TPSA) is 70.6 Å². The van der Waals surface area contributed by atoms with Gasteiger partial charge in [0.1, 0.15) is 0 Å². The average Bonchev–Trinajstić information content (AvgIpc) is 2.76. The Balaban J connectivity index is 1.32. The Morgan fingerprint density at radius 2 is 1.64 bits per heavy atom. The number of carbonyl (C=O) groups excluding carboxylic acids is 1. The van der Waals surface area contributed by atoms with E-state index in [2.05, 4.69) is 37.2 Å². The minimum absolute atomic E-state index is 0.197. The number of anilines is 2. The third-order valence-electron chi connectivity index (χ3n) is 5.26. The van der Waals surface area contributed by atoms with Crippen LogP contribution >= 0.6 is 0 Å². The molecule has 0 saturated carbocycles. The standard InChI is InChI=1S/C21H27N5O2/c27-20(18-14-22-21(23-15-18)26-10-12-28-13-11-26)24-19-6-4-17(5-7-19)16-25-8-2-1-3-9-25/h4-7,14-15H,1-3,8-13,16H2,(H,24,27). The van der Waals surface area contributed by atoms with E-state index in [1.54, 1.807) is 12.4 Å². The minimum Gasteiger partial charge on any atom is -0.378 e. The summed E-state index contributed by atoms with van der Waals surface area (Å²) in [7, 11) is 0. The molecule has 3 heterocycles. The molecule has 0 spiro atoms. The van der Waals surface area contributed by atoms with Gasteiger partial charge < -0.3 is 15.0 Å². The van der Waals surface area contributed by atoms with E-state index >= 15 is 0 Å². The SMILES string of the molecule is O=C(Nc1ccc(CN2CCCCC2)cc1)c1cnc(N2CCOCC2)nc1. The number of likely N-dealkylation sites (tertiary alicyclic amines) is 1. The fourth-order valence-corrected chi connectivity index (χ4v) is 3.64. The maximum atomic E-state index is 12.5. The number of nitrogens with zero attached hydrogens (tertiary/aromatic N) is 4. The summed E-state index contributed by atoms with van der Waals surface area (Å²) < 4.78 is 5.34. The Morgan fingerprint density at radius 3 is 2.32 bits per heavy atom. The summed E-state index contributed by atoms with van der Waals surface area (Å²) in [5.74, 6) is 0.444. The van der Waals surface area contributed by atoms with Gasteiger partial charge in [-0.15, -0.1) is 0 Å². The van der Waals surface area contributed by atoms with E-state index in [1.165, 1.54) is 37.9 Å². The molecule has 4 rings (SSSR count). The molecule has 7 heteroatoms. The molecular weight excluding hydrogens is 354 g/mol. The van der Waals surface area contributed by atoms with Crippen LogP contribution in [-0.2, 0) is 11.3 Å². The molecule has 7 nitrogen and oxygen atoms in total. The van der Waals surface area contributed by atoms with Crippen LogP contribution in [0.3, 0.4) is 0 Å². The number of piperidine rings is 1. The second-order valence-corrected chi connectivity index (χ2v) is 7.36. The summed E-state index contributed by atoms with van der Waals surface area (Å²) in [5.41, 5.74) is 2.51. The molecule has 1 aromatic carbocycles. The molecule has 1 aromatic heterocycles. The van der Waals surface area contributed by atoms with Gasteiger partial charge in [0.05, 0.1) is 18.8 Å². The number of hydrogen-bond donors (Lipinski definition) is 1. The van der Waals surface area contributed by atoms with Gasteiger partial charge in [-0.2, -0.15) is 0 Å². The number of morpholine rings is 1. The Bertz CT molecular complexity index is 766. The van der Waals surface area contributed by atoms with E-state index in [4.69, 9.17) is 4.74 Å². The Labute approximate surface area is 165 Å². The van der Waals surface area contributed by atoms with E-state index in [0.29, 0.717) is 24.7 Å². The van der Waals surface area contributed by atoms with E-state index in [1.807, 2.05) is 12.1 Å². The van der Waals surface area contributed by atoms with Gasteiger partial charge in [0.15, 0.2) is 0 Å². The molecule has 0 bridgehead atoms. The van der Waals surface area contributed by atoms with E-state index < -0.39 is 0 Å². The maximum Gasteiger partial charge on any atom is 0.258 e. The van der Waals surface area contributed by atoms with Crippen LogP contribution in [0.2, 0.25) is 0 Å². The Morgan fingerprint density at radius 1 is 0.964 bits per heavy atom. The smallest absolute Gasteiger partial charge is 0.258 e. The number of carbonyl (C=O) groups is 1. The lowest BCUT2D eigenvalue weighted by molar-refractivity contribution is 0.102. The van der Waals surface area contributed by atoms with Gasteiger partial charge in [0, 0.05) is 37.7 Å². The summed E-state index contributed by atoms with van der Waals surface area (Å²) in [6.07, 6.45) is 7.09. The van der Waals surface area contributed by atoms with Gasteiger partial charge in [-0.3, -0.25) is 9.69 Å². The number of hydrogen-bond acceptors (Lipinski definition) is 6. The third-order valence-corrected chi connectivity index (χ3v) is 5.26. The van der Waals surface area contributed by atoms with Gasteiger partial charge in [0.25, 0.3) is 5.91 Å². The average molecular weight is 381 g/mol. The second-order valence-electron chi connectivity index (χ2n) is 7.36. The summed E-state index contributed by atoms with van der Waals surface area (Å²) in [6, 6.07) is 8.09. The molecule has 2 fully saturated rings. The van der Waals surface area contributed by atoms with Crippen LogP contribution in [0.25, 0.3) is 0 Å². The lowest BCUT2D eigenvalue weighted by atomic mass is 10.1. The van der Waals surface area contributed by atoms with E-state index in [-0.39, 0.29) is 5.91 Å². The van der Waals surface area contributed by atoms with Gasteiger partial charge in [-0.05, 0) is 43.6 Å². The molecular formula is C21H27N5O2. The van der Waals surface area contributed by atoms with Crippen molar-refractivity contribution < 1.29 is 9.53 Å². The number of aromatic nitrogens is 2. The molecule has 2 aliphatic rings. The van der Waals surface area contributed by atoms with Crippen molar-refractivity contribution in [3.8, 4) is 0 Å². The largest absolute Gasteiger partial charge is 0.378 e. The first kappa shape index (κ1) is 18.8. The highest BCUT2D eigenvalue weighted by molar-refractivity contribution is 6.03. The molecule has 28 heavy (non-hydrogen) atoms. The van der Waals surface area contributed by atoms with Gasteiger partial charge in [0.2, 0.25) is 5.95 Å². The highest BCUT2D eigenvalue weighted by Crippen LogP contribution is 2.16. The van der Waals surface area contributed by atoms with Gasteiger partial charge >= 0.3 is 0 Å². The van der Waals surface area contributed by atoms with Crippen LogP contribution < -0.4 is 10.2 Å². The predicted octanol–water partition coefficient (Wildman–Crippen LogP) is 2.55. The van der Waals surface area contributed by atoms with E-state index in [9.17, 15) is 4.79 Å². The van der Waals surface area contributed by atoms with Crippen molar-refractivity contribution in [1.29, 1.82) is 0 Å². The summed E-state index contributed by atoms with van der Waals surface area (Å²) >= 11 is 0. The second kappa shape index (κ2) is 9.12. The molecule has 0 radical (unpaired) electrons. The van der Waals surface area contributed by atoms with Crippen molar-refractivity contribution in [3.63, 3.8) is 0 Å². The predicted molar refractivity (Wildman–Crippen MR) is 109 cm³/mol. The van der Waals surface area contributed by atoms with Crippen LogP contribution in [0, 0.1) is 0 Å². The molecule has 0 atom stereocenters. The molecule has 2 saturated heterocycles. The number of benzene rings is 1. The first-order valence-electron chi connectivity index (χ1n) is 10.1. The zero-order valence-corrected chi connectivity index (χ0v) is 16.1. The van der Waals surface area contributed by atoms with Crippen LogP contribution in [0.1, 0.15) is 35.2 Å². The Kier molecular flexibility index (Phi) is 6.14. The molecule has 148 valence electrons. The van der Waals surface area contributed by atoms with Crippen molar-refractivity contribution in [1.82, 2.24) is 14.9 Å². The van der Waals surface area contributed by atoms with Crippen molar-refractivity contribution in [2.75, 3.05) is 49.6 Å². The first-order valence-corrected chi connectivity index (χ1v) is 10.1. The van der Waals surface area contributed by atoms with Gasteiger partial charge in [-0.25, -0.2) is 9.97 Å². The molecule has 0 unspecified atom stereocenters. The fourth-order valence-electron chi connectivity index (χ4n) is 3.64. The molecule has 2 aliphatic heterocycles. The number of amides is 1. The van der Waals surface area contributed by atoms with Crippen LogP contribution in [0.15, 0.2) is 36.7 Å². The first-order chi connectivity index (χ1) is 13.8. The molecule has 1 N–H and O–H groups in total. The maximum absolute atomic E-state index is 12.5. The highest BCUT2D eigenvalue weighted by Gasteiger charge is 2.15. The van der Waals surface area contributed by atoms with E-state index in [0.717, 1.165) is 25.3 Å². The third kappa shape index (κ3) is 4.85. The van der Waals surface area contributed by atoms with Crippen LogP contribution in [0.5, 0.6) is 0 Å². The molecule has 2 aromatic rings. The summed E-state index contributed by atoms with van der Waals surface area (Å²) in [5, 5.41) is 2.92. The van der Waals surface area contributed by atoms with Crippen molar-refractivity contribution in [3.05, 3.63) is 47.8 Å². The number of nitrogens with one attached hydrogen (secondary N) is 1. The molecule has 0 aliphatic carbocycles. The minimum atomic E-state index is -0.197. The van der Waals surface area contributed by atoms with Crippen molar-refractivity contribution in [2.45, 2.75) is 25.8 Å². The zero-order valence-electron chi connectivity index (χ0n) is 16.1.